The number of anilines is 1. The van der Waals surface area contributed by atoms with Crippen molar-refractivity contribution in [1.29, 1.82) is 0 Å². The van der Waals surface area contributed by atoms with E-state index in [1.54, 1.807) is 24.3 Å². The third-order valence-corrected chi connectivity index (χ3v) is 6.34. The van der Waals surface area contributed by atoms with Crippen LogP contribution in [-0.2, 0) is 26.1 Å². The Labute approximate surface area is 199 Å². The number of esters is 1. The van der Waals surface area contributed by atoms with Gasteiger partial charge in [-0.25, -0.2) is 13.2 Å². The number of benzene rings is 3. The summed E-state index contributed by atoms with van der Waals surface area (Å²) in [4.78, 5) is 24.8. The second-order valence-corrected chi connectivity index (χ2v) is 9.30. The predicted molar refractivity (Wildman–Crippen MR) is 128 cm³/mol. The SMILES string of the molecule is COc1ccc(NS(=O)(=O)c2cccc(C(=O)OC(C)C(=O)NCc3ccc(C)cc3)c2)cc1. The third-order valence-electron chi connectivity index (χ3n) is 4.96. The molecule has 0 aliphatic rings. The minimum absolute atomic E-state index is 0.00999. The molecule has 3 aromatic rings. The summed E-state index contributed by atoms with van der Waals surface area (Å²) < 4.78 is 38.2. The maximum atomic E-state index is 12.7. The Balaban J connectivity index is 1.62. The Hall–Kier alpha value is -3.85. The maximum Gasteiger partial charge on any atom is 0.338 e. The Morgan fingerprint density at radius 3 is 2.29 bits per heavy atom. The van der Waals surface area contributed by atoms with Crippen molar-refractivity contribution < 1.29 is 27.5 Å². The summed E-state index contributed by atoms with van der Waals surface area (Å²) in [6.07, 6.45) is -1.06. The lowest BCUT2D eigenvalue weighted by Crippen LogP contribution is -2.35. The first-order chi connectivity index (χ1) is 16.2. The van der Waals surface area contributed by atoms with E-state index >= 15 is 0 Å². The molecule has 0 bridgehead atoms. The summed E-state index contributed by atoms with van der Waals surface area (Å²) >= 11 is 0. The summed E-state index contributed by atoms with van der Waals surface area (Å²) in [5.74, 6) is -0.678. The number of hydrogen-bond acceptors (Lipinski definition) is 6. The number of rotatable bonds is 9. The summed E-state index contributed by atoms with van der Waals surface area (Å²) in [5, 5.41) is 2.72. The molecule has 9 heteroatoms. The van der Waals surface area contributed by atoms with Crippen molar-refractivity contribution >= 4 is 27.6 Å². The van der Waals surface area contributed by atoms with Crippen LogP contribution in [0.5, 0.6) is 5.75 Å². The van der Waals surface area contributed by atoms with Crippen molar-refractivity contribution in [2.45, 2.75) is 31.4 Å². The van der Waals surface area contributed by atoms with E-state index in [4.69, 9.17) is 9.47 Å². The first-order valence-electron chi connectivity index (χ1n) is 10.5. The highest BCUT2D eigenvalue weighted by Crippen LogP contribution is 2.20. The number of ether oxygens (including phenoxy) is 2. The standard InChI is InChI=1S/C25H26N2O6S/c1-17-7-9-19(10-8-17)16-26-24(28)18(2)33-25(29)20-5-4-6-23(15-20)34(30,31)27-21-11-13-22(32-3)14-12-21/h4-15,18,27H,16H2,1-3H3,(H,26,28). The Bertz CT molecular complexity index is 1260. The zero-order valence-corrected chi connectivity index (χ0v) is 19.9. The minimum Gasteiger partial charge on any atom is -0.497 e. The molecule has 3 rings (SSSR count). The molecular weight excluding hydrogens is 456 g/mol. The van der Waals surface area contributed by atoms with Crippen LogP contribution in [0.25, 0.3) is 0 Å². The molecular formula is C25H26N2O6S. The van der Waals surface area contributed by atoms with Crippen LogP contribution in [0.4, 0.5) is 5.69 Å². The van der Waals surface area contributed by atoms with Gasteiger partial charge in [-0.05, 0) is 61.9 Å². The van der Waals surface area contributed by atoms with Crippen LogP contribution in [0.1, 0.15) is 28.4 Å². The van der Waals surface area contributed by atoms with E-state index in [-0.39, 0.29) is 10.5 Å². The van der Waals surface area contributed by atoms with Crippen LogP contribution < -0.4 is 14.8 Å². The normalized spacial score (nSPS) is 11.9. The van der Waals surface area contributed by atoms with Crippen LogP contribution in [0.15, 0.2) is 77.7 Å². The van der Waals surface area contributed by atoms with E-state index in [0.29, 0.717) is 18.0 Å². The molecule has 0 aliphatic heterocycles. The first-order valence-corrected chi connectivity index (χ1v) is 12.0. The quantitative estimate of drug-likeness (QED) is 0.450. The molecule has 0 fully saturated rings. The van der Waals surface area contributed by atoms with Crippen LogP contribution in [0.2, 0.25) is 0 Å². The average molecular weight is 483 g/mol. The smallest absolute Gasteiger partial charge is 0.338 e. The van der Waals surface area contributed by atoms with Gasteiger partial charge in [-0.1, -0.05) is 35.9 Å². The van der Waals surface area contributed by atoms with Gasteiger partial charge >= 0.3 is 5.97 Å². The maximum absolute atomic E-state index is 12.7. The van der Waals surface area contributed by atoms with Crippen molar-refractivity contribution in [2.75, 3.05) is 11.8 Å². The van der Waals surface area contributed by atoms with Crippen molar-refractivity contribution in [1.82, 2.24) is 5.32 Å². The number of sulfonamides is 1. The summed E-state index contributed by atoms with van der Waals surface area (Å²) in [6.45, 7) is 3.72. The average Bonchev–Trinajstić information content (AvgIpc) is 2.83. The summed E-state index contributed by atoms with van der Waals surface area (Å²) in [7, 11) is -2.44. The largest absolute Gasteiger partial charge is 0.497 e. The fourth-order valence-corrected chi connectivity index (χ4v) is 4.09. The number of nitrogens with one attached hydrogen (secondary N) is 2. The lowest BCUT2D eigenvalue weighted by molar-refractivity contribution is -0.129. The molecule has 2 N–H and O–H groups in total. The Morgan fingerprint density at radius 1 is 0.971 bits per heavy atom. The van der Waals surface area contributed by atoms with E-state index in [0.717, 1.165) is 11.1 Å². The van der Waals surface area contributed by atoms with Gasteiger partial charge in [0.1, 0.15) is 5.75 Å². The van der Waals surface area contributed by atoms with Gasteiger partial charge in [0, 0.05) is 12.2 Å². The molecule has 34 heavy (non-hydrogen) atoms. The molecule has 0 aliphatic carbocycles. The number of amides is 1. The number of carbonyl (C=O) groups is 2. The number of aryl methyl sites for hydroxylation is 1. The van der Waals surface area contributed by atoms with Gasteiger partial charge in [-0.15, -0.1) is 0 Å². The van der Waals surface area contributed by atoms with Gasteiger partial charge in [0.2, 0.25) is 0 Å². The number of hydrogen-bond donors (Lipinski definition) is 2. The van der Waals surface area contributed by atoms with E-state index < -0.39 is 28.0 Å². The van der Waals surface area contributed by atoms with E-state index in [1.165, 1.54) is 38.3 Å². The highest BCUT2D eigenvalue weighted by molar-refractivity contribution is 7.92. The summed E-state index contributed by atoms with van der Waals surface area (Å²) in [5.41, 5.74) is 2.38. The lowest BCUT2D eigenvalue weighted by Gasteiger charge is -2.14. The Morgan fingerprint density at radius 2 is 1.65 bits per heavy atom. The van der Waals surface area contributed by atoms with Gasteiger partial charge in [0.05, 0.1) is 17.6 Å². The lowest BCUT2D eigenvalue weighted by atomic mass is 10.1. The Kier molecular flexibility index (Phi) is 7.91. The summed E-state index contributed by atoms with van der Waals surface area (Å²) in [6, 6.07) is 19.5. The van der Waals surface area contributed by atoms with Crippen molar-refractivity contribution in [3.8, 4) is 5.75 Å². The molecule has 0 saturated heterocycles. The van der Waals surface area contributed by atoms with Crippen molar-refractivity contribution in [2.24, 2.45) is 0 Å². The molecule has 0 radical (unpaired) electrons. The fraction of sp³-hybridized carbons (Fsp3) is 0.200. The second kappa shape index (κ2) is 10.8. The van der Waals surface area contributed by atoms with Gasteiger partial charge in [-0.2, -0.15) is 0 Å². The predicted octanol–water partition coefficient (Wildman–Crippen LogP) is 3.67. The van der Waals surface area contributed by atoms with Gasteiger partial charge in [0.15, 0.2) is 6.10 Å². The molecule has 3 aromatic carbocycles. The molecule has 1 unspecified atom stereocenters. The van der Waals surface area contributed by atoms with Gasteiger partial charge < -0.3 is 14.8 Å². The van der Waals surface area contributed by atoms with Gasteiger partial charge in [-0.3, -0.25) is 9.52 Å². The molecule has 0 aromatic heterocycles. The number of carbonyl (C=O) groups excluding carboxylic acids is 2. The fourth-order valence-electron chi connectivity index (χ4n) is 2.98. The van der Waals surface area contributed by atoms with Crippen molar-refractivity contribution in [3.05, 3.63) is 89.5 Å². The van der Waals surface area contributed by atoms with E-state index in [9.17, 15) is 18.0 Å². The minimum atomic E-state index is -3.95. The van der Waals surface area contributed by atoms with Crippen LogP contribution in [0, 0.1) is 6.92 Å². The van der Waals surface area contributed by atoms with Crippen molar-refractivity contribution in [3.63, 3.8) is 0 Å². The topological polar surface area (TPSA) is 111 Å². The first kappa shape index (κ1) is 24.8. The zero-order valence-electron chi connectivity index (χ0n) is 19.1. The highest BCUT2D eigenvalue weighted by atomic mass is 32.2. The molecule has 1 atom stereocenters. The van der Waals surface area contributed by atoms with Gasteiger partial charge in [0.25, 0.3) is 15.9 Å². The zero-order chi connectivity index (χ0) is 24.7. The van der Waals surface area contributed by atoms with Crippen LogP contribution in [-0.4, -0.2) is 33.5 Å². The molecule has 0 saturated carbocycles. The molecule has 1 amide bonds. The van der Waals surface area contributed by atoms with Crippen LogP contribution in [0.3, 0.4) is 0 Å². The molecule has 0 spiro atoms. The molecule has 178 valence electrons. The number of methoxy groups -OCH3 is 1. The second-order valence-electron chi connectivity index (χ2n) is 7.61. The van der Waals surface area contributed by atoms with E-state index in [1.807, 2.05) is 31.2 Å². The molecule has 0 heterocycles. The van der Waals surface area contributed by atoms with Crippen LogP contribution >= 0.6 is 0 Å². The van der Waals surface area contributed by atoms with E-state index in [2.05, 4.69) is 10.0 Å². The molecule has 8 nitrogen and oxygen atoms in total. The monoisotopic (exact) mass is 482 g/mol. The third kappa shape index (κ3) is 6.58. The highest BCUT2D eigenvalue weighted by Gasteiger charge is 2.21.